The van der Waals surface area contributed by atoms with Gasteiger partial charge in [0, 0.05) is 39.9 Å². The third-order valence-electron chi connectivity index (χ3n) is 8.54. The van der Waals surface area contributed by atoms with Gasteiger partial charge in [-0.3, -0.25) is 0 Å². The fourth-order valence-corrected chi connectivity index (χ4v) is 6.72. The van der Waals surface area contributed by atoms with Gasteiger partial charge in [0.25, 0.3) is 0 Å². The smallest absolute Gasteiger partial charge is 0.0537 e. The topological polar surface area (TPSA) is 6.48 Å². The monoisotopic (exact) mass is 538 g/mol. The van der Waals surface area contributed by atoms with Crippen molar-refractivity contribution in [3.63, 3.8) is 0 Å². The molecule has 0 radical (unpaired) electrons. The molecule has 0 heterocycles. The first-order chi connectivity index (χ1) is 20.9. The van der Waals surface area contributed by atoms with Crippen LogP contribution in [0.3, 0.4) is 0 Å². The summed E-state index contributed by atoms with van der Waals surface area (Å²) in [5.41, 5.74) is 14.0. The second-order valence-electron chi connectivity index (χ2n) is 10.9. The molecule has 0 N–H and O–H groups in total. The zero-order valence-corrected chi connectivity index (χ0v) is 23.3. The maximum absolute atomic E-state index is 2.46. The van der Waals surface area contributed by atoms with Crippen LogP contribution in [-0.2, 0) is 6.42 Å². The van der Waals surface area contributed by atoms with Crippen LogP contribution in [0, 0.1) is 0 Å². The summed E-state index contributed by atoms with van der Waals surface area (Å²) in [5, 5.41) is 0. The molecule has 0 fully saturated rings. The number of hydrogen-bond donors (Lipinski definition) is 0. The van der Waals surface area contributed by atoms with Gasteiger partial charge in [-0.15, -0.1) is 0 Å². The van der Waals surface area contributed by atoms with Gasteiger partial charge in [-0.2, -0.15) is 0 Å². The highest BCUT2D eigenvalue weighted by Crippen LogP contribution is 2.53. The molecule has 0 spiro atoms. The molecule has 0 amide bonds. The average Bonchev–Trinajstić information content (AvgIpc) is 3.07. The minimum Gasteiger partial charge on any atom is -0.310 e. The summed E-state index contributed by atoms with van der Waals surface area (Å²) in [6, 6.07) is 47.5. The van der Waals surface area contributed by atoms with Crippen molar-refractivity contribution in [3.8, 4) is 0 Å². The van der Waals surface area contributed by atoms with E-state index in [1.165, 1.54) is 39.2 Å². The number of allylic oxidation sites excluding steroid dienone is 6. The maximum Gasteiger partial charge on any atom is 0.0537 e. The van der Waals surface area contributed by atoms with E-state index in [1.54, 1.807) is 0 Å². The minimum absolute atomic E-state index is 0.192. The first-order valence-electron chi connectivity index (χ1n) is 14.6. The molecular formula is C40H30N2. The van der Waals surface area contributed by atoms with Gasteiger partial charge in [0.2, 0.25) is 0 Å². The lowest BCUT2D eigenvalue weighted by atomic mass is 9.69. The Kier molecular flexibility index (Phi) is 5.97. The fourth-order valence-electron chi connectivity index (χ4n) is 6.72. The Bertz CT molecular complexity index is 1800. The van der Waals surface area contributed by atoms with E-state index in [4.69, 9.17) is 0 Å². The third-order valence-corrected chi connectivity index (χ3v) is 8.54. The van der Waals surface area contributed by atoms with Crippen molar-refractivity contribution < 1.29 is 0 Å². The van der Waals surface area contributed by atoms with Gasteiger partial charge in [0.1, 0.15) is 0 Å². The lowest BCUT2D eigenvalue weighted by Gasteiger charge is -2.40. The molecule has 3 aliphatic carbocycles. The van der Waals surface area contributed by atoms with Crippen molar-refractivity contribution in [3.05, 3.63) is 191 Å². The van der Waals surface area contributed by atoms with Crippen LogP contribution in [0.15, 0.2) is 175 Å². The Morgan fingerprint density at radius 2 is 1.02 bits per heavy atom. The molecule has 2 heteroatoms. The first kappa shape index (κ1) is 24.5. The van der Waals surface area contributed by atoms with Crippen LogP contribution in [0.2, 0.25) is 0 Å². The summed E-state index contributed by atoms with van der Waals surface area (Å²) in [7, 11) is 0. The Morgan fingerprint density at radius 1 is 0.500 bits per heavy atom. The normalized spacial score (nSPS) is 16.1. The molecule has 3 aliphatic rings. The highest BCUT2D eigenvalue weighted by Gasteiger charge is 2.37. The molecule has 0 saturated heterocycles. The number of hydrogen-bond acceptors (Lipinski definition) is 2. The van der Waals surface area contributed by atoms with E-state index in [2.05, 4.69) is 174 Å². The van der Waals surface area contributed by atoms with Gasteiger partial charge >= 0.3 is 0 Å². The van der Waals surface area contributed by atoms with Crippen LogP contribution in [0.25, 0.3) is 6.08 Å². The number of anilines is 5. The van der Waals surface area contributed by atoms with E-state index < -0.39 is 0 Å². The van der Waals surface area contributed by atoms with Gasteiger partial charge in [0.05, 0.1) is 5.69 Å². The summed E-state index contributed by atoms with van der Waals surface area (Å²) >= 11 is 0. The largest absolute Gasteiger partial charge is 0.310 e. The van der Waals surface area contributed by atoms with Crippen LogP contribution in [0.4, 0.5) is 28.4 Å². The predicted molar refractivity (Wildman–Crippen MR) is 176 cm³/mol. The van der Waals surface area contributed by atoms with E-state index in [0.717, 1.165) is 29.2 Å². The standard InChI is InChI=1S/C40H30N2/c1-5-13-31(14-6-1)41(32-15-7-2-8-16-32)37-27-23-29-22-26-36-38(28-24-30-21-25-35(37)39(29)40(30)36)42(33-17-9-3-10-18-33)34-19-11-4-12-20-34/h1-21,23-28,40H,22H2. The lowest BCUT2D eigenvalue weighted by Crippen LogP contribution is -2.27. The van der Waals surface area contributed by atoms with E-state index in [1.807, 2.05) is 0 Å². The Morgan fingerprint density at radius 3 is 1.57 bits per heavy atom. The Labute approximate surface area is 247 Å². The second kappa shape index (κ2) is 10.2. The van der Waals surface area contributed by atoms with Crippen LogP contribution in [-0.4, -0.2) is 0 Å². The molecular weight excluding hydrogens is 508 g/mol. The molecule has 1 atom stereocenters. The molecule has 0 aromatic heterocycles. The van der Waals surface area contributed by atoms with E-state index in [0.29, 0.717) is 0 Å². The van der Waals surface area contributed by atoms with Gasteiger partial charge in [0.15, 0.2) is 0 Å². The molecule has 5 aromatic rings. The van der Waals surface area contributed by atoms with Crippen LogP contribution in [0.5, 0.6) is 0 Å². The van der Waals surface area contributed by atoms with Crippen molar-refractivity contribution in [2.75, 3.05) is 9.80 Å². The van der Waals surface area contributed by atoms with Crippen LogP contribution >= 0.6 is 0 Å². The summed E-state index contributed by atoms with van der Waals surface area (Å²) in [6.45, 7) is 0. The van der Waals surface area contributed by atoms with Crippen LogP contribution < -0.4 is 9.80 Å². The predicted octanol–water partition coefficient (Wildman–Crippen LogP) is 10.4. The quantitative estimate of drug-likeness (QED) is 0.212. The number of nitrogens with zero attached hydrogens (tertiary/aromatic N) is 2. The van der Waals surface area contributed by atoms with Crippen molar-refractivity contribution in [2.24, 2.45) is 0 Å². The Balaban J connectivity index is 1.29. The minimum atomic E-state index is 0.192. The SMILES string of the molecule is C1=Cc2c(N(c3ccccc3)c3ccccc3)ccc3c2C2C1=CC=C(N(c1ccccc1)c1ccccc1)C2=CC3. The van der Waals surface area contributed by atoms with E-state index >= 15 is 0 Å². The number of para-hydroxylation sites is 4. The second-order valence-corrected chi connectivity index (χ2v) is 10.9. The van der Waals surface area contributed by atoms with Gasteiger partial charge in [-0.05, 0) is 89.4 Å². The molecule has 0 saturated carbocycles. The highest BCUT2D eigenvalue weighted by atomic mass is 15.2. The summed E-state index contributed by atoms with van der Waals surface area (Å²) < 4.78 is 0. The van der Waals surface area contributed by atoms with Crippen molar-refractivity contribution in [1.82, 2.24) is 0 Å². The molecule has 42 heavy (non-hydrogen) atoms. The Hall–Kier alpha value is -5.34. The van der Waals surface area contributed by atoms with E-state index in [9.17, 15) is 0 Å². The fraction of sp³-hybridized carbons (Fsp3) is 0.0500. The summed E-state index contributed by atoms with van der Waals surface area (Å²) in [6.07, 6.45) is 12.7. The summed E-state index contributed by atoms with van der Waals surface area (Å²) in [5.74, 6) is 0.192. The first-order valence-corrected chi connectivity index (χ1v) is 14.6. The lowest BCUT2D eigenvalue weighted by molar-refractivity contribution is 0.860. The van der Waals surface area contributed by atoms with Gasteiger partial charge in [-0.25, -0.2) is 0 Å². The molecule has 2 nitrogen and oxygen atoms in total. The zero-order valence-electron chi connectivity index (χ0n) is 23.3. The van der Waals surface area contributed by atoms with Crippen molar-refractivity contribution in [2.45, 2.75) is 12.3 Å². The maximum atomic E-state index is 2.46. The number of benzene rings is 5. The molecule has 8 rings (SSSR count). The van der Waals surface area contributed by atoms with Gasteiger partial charge < -0.3 is 9.80 Å². The van der Waals surface area contributed by atoms with Gasteiger partial charge in [-0.1, -0.05) is 103 Å². The summed E-state index contributed by atoms with van der Waals surface area (Å²) in [4.78, 5) is 4.80. The third kappa shape index (κ3) is 4.03. The molecule has 0 bridgehead atoms. The molecule has 0 aliphatic heterocycles. The van der Waals surface area contributed by atoms with E-state index in [-0.39, 0.29) is 5.92 Å². The molecule has 200 valence electrons. The van der Waals surface area contributed by atoms with Crippen LogP contribution in [0.1, 0.15) is 22.6 Å². The van der Waals surface area contributed by atoms with Crippen molar-refractivity contribution in [1.29, 1.82) is 0 Å². The zero-order chi connectivity index (χ0) is 27.9. The van der Waals surface area contributed by atoms with Crippen molar-refractivity contribution >= 4 is 34.5 Å². The highest BCUT2D eigenvalue weighted by molar-refractivity contribution is 5.88. The molecule has 1 unspecified atom stereocenters. The number of rotatable bonds is 6. The molecule has 5 aromatic carbocycles. The average molecular weight is 539 g/mol.